The topological polar surface area (TPSA) is 60.8 Å². The summed E-state index contributed by atoms with van der Waals surface area (Å²) >= 11 is 0. The quantitative estimate of drug-likeness (QED) is 0.728. The van der Waals surface area contributed by atoms with Crippen LogP contribution < -0.4 is 0 Å². The van der Waals surface area contributed by atoms with Crippen molar-refractivity contribution in [2.45, 2.75) is 33.2 Å². The van der Waals surface area contributed by atoms with E-state index in [9.17, 15) is 9.90 Å². The van der Waals surface area contributed by atoms with E-state index in [-0.39, 0.29) is 12.6 Å². The molecule has 0 aromatic heterocycles. The number of hydrogen-bond acceptors (Lipinski definition) is 3. The van der Waals surface area contributed by atoms with Crippen molar-refractivity contribution in [1.82, 2.24) is 4.90 Å². The number of likely N-dealkylation sites (tertiary alicyclic amines) is 1. The summed E-state index contributed by atoms with van der Waals surface area (Å²) in [6, 6.07) is 0.128. The van der Waals surface area contributed by atoms with Crippen LogP contribution in [0.1, 0.15) is 27.2 Å². The third-order valence-corrected chi connectivity index (χ3v) is 3.36. The summed E-state index contributed by atoms with van der Waals surface area (Å²) in [4.78, 5) is 13.1. The molecule has 0 aromatic rings. The molecule has 2 atom stereocenters. The van der Waals surface area contributed by atoms with Crippen molar-refractivity contribution in [2.24, 2.45) is 11.3 Å². The highest BCUT2D eigenvalue weighted by Crippen LogP contribution is 2.27. The fourth-order valence-electron chi connectivity index (χ4n) is 2.15. The minimum Gasteiger partial charge on any atom is -0.481 e. The largest absolute Gasteiger partial charge is 0.481 e. The lowest BCUT2D eigenvalue weighted by Gasteiger charge is -2.31. The van der Waals surface area contributed by atoms with E-state index < -0.39 is 11.4 Å². The Kier molecular flexibility index (Phi) is 3.73. The minimum absolute atomic E-state index is 0.122. The van der Waals surface area contributed by atoms with Gasteiger partial charge in [-0.15, -0.1) is 0 Å². The minimum atomic E-state index is -0.779. The number of carbonyl (C=O) groups is 1. The van der Waals surface area contributed by atoms with E-state index >= 15 is 0 Å². The van der Waals surface area contributed by atoms with Crippen molar-refractivity contribution >= 4 is 5.97 Å². The lowest BCUT2D eigenvalue weighted by atomic mass is 9.92. The highest BCUT2D eigenvalue weighted by Gasteiger charge is 2.37. The zero-order chi connectivity index (χ0) is 11.6. The Hall–Kier alpha value is -0.610. The molecule has 0 saturated carbocycles. The molecule has 0 aliphatic carbocycles. The molecule has 1 aliphatic heterocycles. The van der Waals surface area contributed by atoms with Gasteiger partial charge >= 0.3 is 5.97 Å². The van der Waals surface area contributed by atoms with Crippen LogP contribution in [-0.4, -0.2) is 46.8 Å². The van der Waals surface area contributed by atoms with Crippen LogP contribution in [0.15, 0.2) is 0 Å². The molecule has 1 rings (SSSR count). The standard InChI is InChI=1S/C11H21NO3/c1-8-4-5-12(9(8)6-13)7-11(2,3)10(14)15/h8-9,13H,4-7H2,1-3H3,(H,14,15). The molecular formula is C11H21NO3. The summed E-state index contributed by atoms with van der Waals surface area (Å²) in [7, 11) is 0. The van der Waals surface area contributed by atoms with E-state index in [4.69, 9.17) is 5.11 Å². The Bertz CT molecular complexity index is 240. The van der Waals surface area contributed by atoms with Gasteiger partial charge in [0.05, 0.1) is 12.0 Å². The second kappa shape index (κ2) is 4.49. The maximum absolute atomic E-state index is 11.0. The maximum Gasteiger partial charge on any atom is 0.310 e. The molecule has 15 heavy (non-hydrogen) atoms. The van der Waals surface area contributed by atoms with E-state index in [0.717, 1.165) is 13.0 Å². The predicted octanol–water partition coefficient (Wildman–Crippen LogP) is 0.800. The van der Waals surface area contributed by atoms with E-state index in [1.807, 2.05) is 0 Å². The van der Waals surface area contributed by atoms with Crippen LogP contribution in [0.25, 0.3) is 0 Å². The summed E-state index contributed by atoms with van der Waals surface area (Å²) < 4.78 is 0. The van der Waals surface area contributed by atoms with Crippen molar-refractivity contribution in [2.75, 3.05) is 19.7 Å². The van der Waals surface area contributed by atoms with Crippen LogP contribution in [-0.2, 0) is 4.79 Å². The average molecular weight is 215 g/mol. The first kappa shape index (κ1) is 12.5. The number of nitrogens with zero attached hydrogens (tertiary/aromatic N) is 1. The van der Waals surface area contributed by atoms with Crippen molar-refractivity contribution in [3.05, 3.63) is 0 Å². The summed E-state index contributed by atoms with van der Waals surface area (Å²) in [5, 5.41) is 18.3. The molecule has 0 spiro atoms. The molecule has 2 unspecified atom stereocenters. The van der Waals surface area contributed by atoms with E-state index in [1.54, 1.807) is 13.8 Å². The molecule has 1 heterocycles. The number of carboxylic acids is 1. The highest BCUT2D eigenvalue weighted by atomic mass is 16.4. The van der Waals surface area contributed by atoms with Crippen LogP contribution in [0.5, 0.6) is 0 Å². The molecular weight excluding hydrogens is 194 g/mol. The molecule has 0 bridgehead atoms. The number of carboxylic acid groups (broad SMARTS) is 1. The molecule has 2 N–H and O–H groups in total. The first-order valence-electron chi connectivity index (χ1n) is 5.47. The zero-order valence-corrected chi connectivity index (χ0v) is 9.73. The first-order valence-corrected chi connectivity index (χ1v) is 5.47. The van der Waals surface area contributed by atoms with Crippen LogP contribution in [0.2, 0.25) is 0 Å². The fourth-order valence-corrected chi connectivity index (χ4v) is 2.15. The molecule has 0 aromatic carbocycles. The summed E-state index contributed by atoms with van der Waals surface area (Å²) in [6.07, 6.45) is 1.04. The monoisotopic (exact) mass is 215 g/mol. The van der Waals surface area contributed by atoms with Gasteiger partial charge in [0.15, 0.2) is 0 Å². The number of rotatable bonds is 4. The van der Waals surface area contributed by atoms with Gasteiger partial charge in [-0.2, -0.15) is 0 Å². The van der Waals surface area contributed by atoms with E-state index in [1.165, 1.54) is 0 Å². The molecule has 1 fully saturated rings. The predicted molar refractivity (Wildman–Crippen MR) is 57.6 cm³/mol. The van der Waals surface area contributed by atoms with Gasteiger partial charge in [0.25, 0.3) is 0 Å². The van der Waals surface area contributed by atoms with Crippen LogP contribution in [0.3, 0.4) is 0 Å². The second-order valence-electron chi connectivity index (χ2n) is 5.18. The van der Waals surface area contributed by atoms with Gasteiger partial charge in [-0.1, -0.05) is 6.92 Å². The van der Waals surface area contributed by atoms with Gasteiger partial charge < -0.3 is 10.2 Å². The van der Waals surface area contributed by atoms with Crippen molar-refractivity contribution in [3.8, 4) is 0 Å². The number of hydrogen-bond donors (Lipinski definition) is 2. The SMILES string of the molecule is CC1CCN(CC(C)(C)C(=O)O)C1CO. The number of aliphatic hydroxyl groups excluding tert-OH is 1. The molecule has 1 saturated heterocycles. The van der Waals surface area contributed by atoms with Crippen LogP contribution in [0, 0.1) is 11.3 Å². The Morgan fingerprint density at radius 2 is 2.13 bits per heavy atom. The van der Waals surface area contributed by atoms with Gasteiger partial charge in [-0.05, 0) is 32.7 Å². The van der Waals surface area contributed by atoms with Crippen molar-refractivity contribution < 1.29 is 15.0 Å². The van der Waals surface area contributed by atoms with Crippen molar-refractivity contribution in [3.63, 3.8) is 0 Å². The number of aliphatic carboxylic acids is 1. The smallest absolute Gasteiger partial charge is 0.310 e. The van der Waals surface area contributed by atoms with Crippen LogP contribution in [0.4, 0.5) is 0 Å². The van der Waals surface area contributed by atoms with Gasteiger partial charge in [-0.25, -0.2) is 0 Å². The lowest BCUT2D eigenvalue weighted by molar-refractivity contribution is -0.148. The molecule has 0 radical (unpaired) electrons. The van der Waals surface area contributed by atoms with Gasteiger partial charge in [0.2, 0.25) is 0 Å². The fraction of sp³-hybridized carbons (Fsp3) is 0.909. The molecule has 4 nitrogen and oxygen atoms in total. The maximum atomic E-state index is 11.0. The van der Waals surface area contributed by atoms with Crippen LogP contribution >= 0.6 is 0 Å². The number of aliphatic hydroxyl groups is 1. The summed E-state index contributed by atoms with van der Waals surface area (Å²) in [5.41, 5.74) is -0.739. The lowest BCUT2D eigenvalue weighted by Crippen LogP contribution is -2.44. The zero-order valence-electron chi connectivity index (χ0n) is 9.73. The third-order valence-electron chi connectivity index (χ3n) is 3.36. The van der Waals surface area contributed by atoms with Gasteiger partial charge in [0, 0.05) is 12.6 Å². The van der Waals surface area contributed by atoms with E-state index in [2.05, 4.69) is 11.8 Å². The average Bonchev–Trinajstić information content (AvgIpc) is 2.45. The summed E-state index contributed by atoms with van der Waals surface area (Å²) in [6.45, 7) is 7.09. The highest BCUT2D eigenvalue weighted by molar-refractivity contribution is 5.73. The Morgan fingerprint density at radius 1 is 1.53 bits per heavy atom. The third kappa shape index (κ3) is 2.69. The Labute approximate surface area is 90.9 Å². The second-order valence-corrected chi connectivity index (χ2v) is 5.18. The summed E-state index contributed by atoms with van der Waals surface area (Å²) in [5.74, 6) is -0.321. The molecule has 4 heteroatoms. The normalized spacial score (nSPS) is 28.3. The van der Waals surface area contributed by atoms with Gasteiger partial charge in [-0.3, -0.25) is 9.69 Å². The Balaban J connectivity index is 2.62. The van der Waals surface area contributed by atoms with Gasteiger partial charge in [0.1, 0.15) is 0 Å². The molecule has 88 valence electrons. The molecule has 0 amide bonds. The Morgan fingerprint density at radius 3 is 2.60 bits per heavy atom. The van der Waals surface area contributed by atoms with Crippen molar-refractivity contribution in [1.29, 1.82) is 0 Å². The van der Waals surface area contributed by atoms with E-state index in [0.29, 0.717) is 12.5 Å². The first-order chi connectivity index (χ1) is 6.88. The molecule has 1 aliphatic rings.